The highest BCUT2D eigenvalue weighted by molar-refractivity contribution is 5.93. The molecule has 2 aromatic carbocycles. The lowest BCUT2D eigenvalue weighted by molar-refractivity contribution is 0.241. The average molecular weight is 417 g/mol. The second-order valence-electron chi connectivity index (χ2n) is 8.66. The number of nitrogens with zero attached hydrogens (tertiary/aromatic N) is 3. The molecule has 1 heterocycles. The summed E-state index contributed by atoms with van der Waals surface area (Å²) in [5, 5.41) is 7.58. The zero-order valence-electron chi connectivity index (χ0n) is 18.5. The van der Waals surface area contributed by atoms with Gasteiger partial charge in [-0.1, -0.05) is 61.7 Å². The molecule has 1 aliphatic carbocycles. The number of hydrogen-bond donors (Lipinski definition) is 1. The lowest BCUT2D eigenvalue weighted by atomic mass is 9.94. The van der Waals surface area contributed by atoms with Gasteiger partial charge in [-0.25, -0.2) is 4.79 Å². The fraction of sp³-hybridized carbons (Fsp3) is 0.385. The van der Waals surface area contributed by atoms with Crippen molar-refractivity contribution in [2.45, 2.75) is 64.6 Å². The number of amides is 2. The lowest BCUT2D eigenvalue weighted by Gasteiger charge is -2.34. The average Bonchev–Trinajstić information content (AvgIpc) is 3.31. The number of aromatic nitrogens is 2. The summed E-state index contributed by atoms with van der Waals surface area (Å²) in [4.78, 5) is 15.2. The summed E-state index contributed by atoms with van der Waals surface area (Å²) < 4.78 is 1.97. The molecule has 0 bridgehead atoms. The van der Waals surface area contributed by atoms with E-state index < -0.39 is 0 Å². The molecule has 1 N–H and O–H groups in total. The highest BCUT2D eigenvalue weighted by Gasteiger charge is 2.27. The summed E-state index contributed by atoms with van der Waals surface area (Å²) in [6.45, 7) is 4.78. The molecule has 0 radical (unpaired) electrons. The first kappa shape index (κ1) is 21.2. The van der Waals surface area contributed by atoms with E-state index in [1.54, 1.807) is 0 Å². The summed E-state index contributed by atoms with van der Waals surface area (Å²) in [5.74, 6) is 0. The number of anilines is 1. The van der Waals surface area contributed by atoms with Gasteiger partial charge in [0.05, 0.1) is 6.20 Å². The van der Waals surface area contributed by atoms with Crippen molar-refractivity contribution in [3.8, 4) is 11.1 Å². The van der Waals surface area contributed by atoms with Crippen LogP contribution in [0.1, 0.15) is 57.6 Å². The fourth-order valence-electron chi connectivity index (χ4n) is 4.28. The van der Waals surface area contributed by atoms with E-state index in [0.717, 1.165) is 35.2 Å². The lowest BCUT2D eigenvalue weighted by Crippen LogP contribution is -2.47. The molecule has 0 spiro atoms. The molecule has 3 aromatic rings. The predicted octanol–water partition coefficient (Wildman–Crippen LogP) is 6.18. The van der Waals surface area contributed by atoms with Crippen molar-refractivity contribution in [2.75, 3.05) is 4.90 Å². The van der Waals surface area contributed by atoms with Crippen LogP contribution < -0.4 is 10.2 Å². The second-order valence-corrected chi connectivity index (χ2v) is 8.66. The molecule has 1 saturated carbocycles. The van der Waals surface area contributed by atoms with Crippen LogP contribution in [0.25, 0.3) is 11.1 Å². The SMILES string of the molecule is CC(C)n1cc(-c2ccc(N(C(=O)NCc3ccccc3)C3CCCCC3)cc2)cn1. The highest BCUT2D eigenvalue weighted by atomic mass is 16.2. The van der Waals surface area contributed by atoms with Crippen LogP contribution in [0, 0.1) is 0 Å². The highest BCUT2D eigenvalue weighted by Crippen LogP contribution is 2.30. The first-order valence-corrected chi connectivity index (χ1v) is 11.4. The summed E-state index contributed by atoms with van der Waals surface area (Å²) >= 11 is 0. The minimum Gasteiger partial charge on any atom is -0.334 e. The van der Waals surface area contributed by atoms with E-state index in [1.807, 2.05) is 46.1 Å². The summed E-state index contributed by atoms with van der Waals surface area (Å²) in [7, 11) is 0. The van der Waals surface area contributed by atoms with Crippen molar-refractivity contribution in [3.63, 3.8) is 0 Å². The van der Waals surface area contributed by atoms with Crippen molar-refractivity contribution in [3.05, 3.63) is 72.6 Å². The van der Waals surface area contributed by atoms with Crippen LogP contribution in [0.15, 0.2) is 67.0 Å². The predicted molar refractivity (Wildman–Crippen MR) is 126 cm³/mol. The molecule has 5 nitrogen and oxygen atoms in total. The van der Waals surface area contributed by atoms with Crippen molar-refractivity contribution < 1.29 is 4.79 Å². The number of rotatable bonds is 6. The number of carbonyl (C=O) groups excluding carboxylic acids is 1. The van der Waals surface area contributed by atoms with Gasteiger partial charge in [-0.3, -0.25) is 9.58 Å². The number of carbonyl (C=O) groups is 1. The van der Waals surface area contributed by atoms with Crippen molar-refractivity contribution >= 4 is 11.7 Å². The normalized spacial score (nSPS) is 14.5. The summed E-state index contributed by atoms with van der Waals surface area (Å²) in [5.41, 5.74) is 4.27. The molecular formula is C26H32N4O. The molecule has 0 aliphatic heterocycles. The zero-order chi connectivity index (χ0) is 21.6. The van der Waals surface area contributed by atoms with Crippen LogP contribution in [0.2, 0.25) is 0 Å². The Morgan fingerprint density at radius 2 is 1.74 bits per heavy atom. The van der Waals surface area contributed by atoms with Gasteiger partial charge in [0.1, 0.15) is 0 Å². The Balaban J connectivity index is 1.53. The van der Waals surface area contributed by atoms with E-state index >= 15 is 0 Å². The number of benzene rings is 2. The summed E-state index contributed by atoms with van der Waals surface area (Å²) in [6, 6.07) is 19.0. The molecule has 1 aromatic heterocycles. The fourth-order valence-corrected chi connectivity index (χ4v) is 4.28. The summed E-state index contributed by atoms with van der Waals surface area (Å²) in [6.07, 6.45) is 9.71. The third-order valence-corrected chi connectivity index (χ3v) is 6.05. The Kier molecular flexibility index (Phi) is 6.70. The molecule has 0 saturated heterocycles. The van der Waals surface area contributed by atoms with Crippen LogP contribution >= 0.6 is 0 Å². The van der Waals surface area contributed by atoms with Crippen LogP contribution in [-0.2, 0) is 6.54 Å². The van der Waals surface area contributed by atoms with Gasteiger partial charge in [-0.15, -0.1) is 0 Å². The maximum atomic E-state index is 13.3. The number of nitrogens with one attached hydrogen (secondary N) is 1. The van der Waals surface area contributed by atoms with Crippen LogP contribution in [0.3, 0.4) is 0 Å². The van der Waals surface area contributed by atoms with Gasteiger partial charge < -0.3 is 5.32 Å². The topological polar surface area (TPSA) is 50.2 Å². The molecule has 4 rings (SSSR count). The second kappa shape index (κ2) is 9.82. The Labute approximate surface area is 185 Å². The molecule has 162 valence electrons. The van der Waals surface area contributed by atoms with Crippen molar-refractivity contribution in [2.24, 2.45) is 0 Å². The molecule has 5 heteroatoms. The van der Waals surface area contributed by atoms with Crippen molar-refractivity contribution in [1.29, 1.82) is 0 Å². The van der Waals surface area contributed by atoms with E-state index in [0.29, 0.717) is 12.6 Å². The Morgan fingerprint density at radius 1 is 1.03 bits per heavy atom. The van der Waals surface area contributed by atoms with Gasteiger partial charge in [0, 0.05) is 36.1 Å². The third kappa shape index (κ3) is 5.16. The quantitative estimate of drug-likeness (QED) is 0.522. The van der Waals surface area contributed by atoms with E-state index in [2.05, 4.69) is 54.7 Å². The molecule has 0 unspecified atom stereocenters. The molecule has 1 aliphatic rings. The zero-order valence-corrected chi connectivity index (χ0v) is 18.5. The van der Waals surface area contributed by atoms with Crippen molar-refractivity contribution in [1.82, 2.24) is 15.1 Å². The van der Waals surface area contributed by atoms with Gasteiger partial charge in [0.15, 0.2) is 0 Å². The van der Waals surface area contributed by atoms with Crippen LogP contribution in [-0.4, -0.2) is 21.9 Å². The molecule has 31 heavy (non-hydrogen) atoms. The van der Waals surface area contributed by atoms with Crippen LogP contribution in [0.5, 0.6) is 0 Å². The standard InChI is InChI=1S/C26H32N4O/c1-20(2)29-19-23(18-28-29)22-13-15-25(16-14-22)30(24-11-7-4-8-12-24)26(31)27-17-21-9-5-3-6-10-21/h3,5-6,9-10,13-16,18-20,24H,4,7-8,11-12,17H2,1-2H3,(H,27,31). The van der Waals surface area contributed by atoms with Gasteiger partial charge in [0.25, 0.3) is 0 Å². The smallest absolute Gasteiger partial charge is 0.322 e. The first-order valence-electron chi connectivity index (χ1n) is 11.4. The van der Waals surface area contributed by atoms with Gasteiger partial charge >= 0.3 is 6.03 Å². The van der Waals surface area contributed by atoms with Gasteiger partial charge in [0.2, 0.25) is 0 Å². The molecular weight excluding hydrogens is 384 g/mol. The Morgan fingerprint density at radius 3 is 2.39 bits per heavy atom. The molecule has 1 fully saturated rings. The molecule has 2 amide bonds. The largest absolute Gasteiger partial charge is 0.334 e. The third-order valence-electron chi connectivity index (χ3n) is 6.05. The number of urea groups is 1. The molecule has 0 atom stereocenters. The maximum Gasteiger partial charge on any atom is 0.322 e. The van der Waals surface area contributed by atoms with E-state index in [1.165, 1.54) is 19.3 Å². The minimum atomic E-state index is -0.0175. The Hall–Kier alpha value is -3.08. The first-order chi connectivity index (χ1) is 15.1. The van der Waals surface area contributed by atoms with Crippen LogP contribution in [0.4, 0.5) is 10.5 Å². The maximum absolute atomic E-state index is 13.3. The number of hydrogen-bond acceptors (Lipinski definition) is 2. The minimum absolute atomic E-state index is 0.0175. The van der Waals surface area contributed by atoms with E-state index in [-0.39, 0.29) is 12.1 Å². The van der Waals surface area contributed by atoms with Gasteiger partial charge in [-0.2, -0.15) is 5.10 Å². The van der Waals surface area contributed by atoms with E-state index in [4.69, 9.17) is 0 Å². The van der Waals surface area contributed by atoms with E-state index in [9.17, 15) is 4.79 Å². The monoisotopic (exact) mass is 416 g/mol. The Bertz CT molecular complexity index is 972. The van der Waals surface area contributed by atoms with Gasteiger partial charge in [-0.05, 0) is 49.9 Å².